The quantitative estimate of drug-likeness (QED) is 0.814. The molecular formula is C18H24N2. The number of nitrogens with two attached hydrogens (primary N) is 2. The minimum absolute atomic E-state index is 0.0379. The molecule has 0 unspecified atom stereocenters. The third-order valence-electron chi connectivity index (χ3n) is 4.49. The van der Waals surface area contributed by atoms with E-state index in [9.17, 15) is 0 Å². The summed E-state index contributed by atoms with van der Waals surface area (Å²) in [4.78, 5) is 0. The van der Waals surface area contributed by atoms with Crippen molar-refractivity contribution >= 4 is 11.4 Å². The lowest BCUT2D eigenvalue weighted by Crippen LogP contribution is -2.27. The molecule has 2 aromatic rings. The van der Waals surface area contributed by atoms with E-state index in [0.29, 0.717) is 0 Å². The summed E-state index contributed by atoms with van der Waals surface area (Å²) in [5.74, 6) is 0. The van der Waals surface area contributed by atoms with Gasteiger partial charge in [0.25, 0.3) is 0 Å². The van der Waals surface area contributed by atoms with E-state index in [2.05, 4.69) is 50.2 Å². The van der Waals surface area contributed by atoms with Gasteiger partial charge in [0, 0.05) is 16.8 Å². The van der Waals surface area contributed by atoms with Gasteiger partial charge in [0.05, 0.1) is 0 Å². The Morgan fingerprint density at radius 3 is 2.05 bits per heavy atom. The minimum atomic E-state index is -0.0379. The van der Waals surface area contributed by atoms with Crippen LogP contribution in [0.2, 0.25) is 0 Å². The molecule has 2 heteroatoms. The molecule has 0 fully saturated rings. The molecular weight excluding hydrogens is 244 g/mol. The van der Waals surface area contributed by atoms with Gasteiger partial charge in [-0.25, -0.2) is 0 Å². The average molecular weight is 268 g/mol. The molecule has 0 aliphatic rings. The highest BCUT2D eigenvalue weighted by atomic mass is 14.6. The van der Waals surface area contributed by atoms with Crippen molar-refractivity contribution < 1.29 is 0 Å². The van der Waals surface area contributed by atoms with E-state index in [4.69, 9.17) is 11.5 Å². The normalized spacial score (nSPS) is 11.6. The average Bonchev–Trinajstić information content (AvgIpc) is 2.47. The van der Waals surface area contributed by atoms with Gasteiger partial charge in [-0.05, 0) is 42.5 Å². The van der Waals surface area contributed by atoms with E-state index in [0.717, 1.165) is 29.8 Å². The summed E-state index contributed by atoms with van der Waals surface area (Å²) < 4.78 is 0. The Hall–Kier alpha value is -1.96. The zero-order chi connectivity index (χ0) is 14.8. The predicted molar refractivity (Wildman–Crippen MR) is 87.8 cm³/mol. The smallest absolute Gasteiger partial charge is 0.0376 e. The number of rotatable bonds is 4. The van der Waals surface area contributed by atoms with Crippen LogP contribution in [0, 0.1) is 6.92 Å². The van der Waals surface area contributed by atoms with E-state index in [1.54, 1.807) is 0 Å². The van der Waals surface area contributed by atoms with Crippen LogP contribution in [0.3, 0.4) is 0 Å². The summed E-state index contributed by atoms with van der Waals surface area (Å²) in [6.07, 6.45) is 2.03. The van der Waals surface area contributed by atoms with Gasteiger partial charge < -0.3 is 11.5 Å². The van der Waals surface area contributed by atoms with Crippen molar-refractivity contribution in [3.05, 3.63) is 59.2 Å². The van der Waals surface area contributed by atoms with Crippen LogP contribution < -0.4 is 11.5 Å². The van der Waals surface area contributed by atoms with Crippen molar-refractivity contribution in [1.82, 2.24) is 0 Å². The molecule has 0 heterocycles. The summed E-state index contributed by atoms with van der Waals surface area (Å²) in [6, 6.07) is 14.7. The molecule has 2 nitrogen and oxygen atoms in total. The van der Waals surface area contributed by atoms with Crippen molar-refractivity contribution in [3.63, 3.8) is 0 Å². The maximum absolute atomic E-state index is 6.28. The van der Waals surface area contributed by atoms with Gasteiger partial charge in [0.2, 0.25) is 0 Å². The van der Waals surface area contributed by atoms with Crippen LogP contribution in [0.4, 0.5) is 11.4 Å². The van der Waals surface area contributed by atoms with Gasteiger partial charge in [0.15, 0.2) is 0 Å². The Morgan fingerprint density at radius 2 is 1.50 bits per heavy atom. The van der Waals surface area contributed by atoms with Crippen LogP contribution in [0.1, 0.15) is 43.4 Å². The van der Waals surface area contributed by atoms with Crippen LogP contribution >= 0.6 is 0 Å². The SMILES string of the molecule is CCC(CC)(c1ccccc1)c1cc(C)c(N)cc1N. The number of nitrogen functional groups attached to an aromatic ring is 2. The zero-order valence-corrected chi connectivity index (χ0v) is 12.6. The second-order valence-electron chi connectivity index (χ2n) is 5.45. The molecule has 0 saturated heterocycles. The molecule has 0 spiro atoms. The van der Waals surface area contributed by atoms with Crippen LogP contribution in [-0.2, 0) is 5.41 Å². The fourth-order valence-electron chi connectivity index (χ4n) is 3.11. The Morgan fingerprint density at radius 1 is 0.900 bits per heavy atom. The van der Waals surface area contributed by atoms with Crippen molar-refractivity contribution in [2.75, 3.05) is 11.5 Å². The van der Waals surface area contributed by atoms with Gasteiger partial charge in [-0.1, -0.05) is 50.2 Å². The molecule has 0 bridgehead atoms. The molecule has 0 saturated carbocycles. The minimum Gasteiger partial charge on any atom is -0.398 e. The lowest BCUT2D eigenvalue weighted by molar-refractivity contribution is 0.480. The van der Waals surface area contributed by atoms with E-state index >= 15 is 0 Å². The fraction of sp³-hybridized carbons (Fsp3) is 0.333. The largest absolute Gasteiger partial charge is 0.398 e. The molecule has 0 radical (unpaired) electrons. The molecule has 4 N–H and O–H groups in total. The van der Waals surface area contributed by atoms with Crippen molar-refractivity contribution in [2.45, 2.75) is 39.0 Å². The van der Waals surface area contributed by atoms with Gasteiger partial charge in [-0.2, -0.15) is 0 Å². The first kappa shape index (κ1) is 14.4. The van der Waals surface area contributed by atoms with Gasteiger partial charge in [-0.3, -0.25) is 0 Å². The van der Waals surface area contributed by atoms with Crippen LogP contribution in [-0.4, -0.2) is 0 Å². The monoisotopic (exact) mass is 268 g/mol. The molecule has 106 valence electrons. The van der Waals surface area contributed by atoms with Gasteiger partial charge >= 0.3 is 0 Å². The Balaban J connectivity index is 2.68. The molecule has 2 rings (SSSR count). The van der Waals surface area contributed by atoms with Crippen molar-refractivity contribution in [2.24, 2.45) is 0 Å². The predicted octanol–water partition coefficient (Wildman–Crippen LogP) is 4.27. The Bertz CT molecular complexity index is 584. The second-order valence-corrected chi connectivity index (χ2v) is 5.45. The first-order valence-corrected chi connectivity index (χ1v) is 7.26. The number of anilines is 2. The lowest BCUT2D eigenvalue weighted by atomic mass is 9.69. The van der Waals surface area contributed by atoms with E-state index in [-0.39, 0.29) is 5.41 Å². The maximum atomic E-state index is 6.28. The Labute approximate surface area is 121 Å². The number of hydrogen-bond donors (Lipinski definition) is 2. The standard InChI is InChI=1S/C18H24N2/c1-4-18(5-2,14-9-7-6-8-10-14)15-11-13(3)16(19)12-17(15)20/h6-12H,4-5,19-20H2,1-3H3. The highest BCUT2D eigenvalue weighted by Crippen LogP contribution is 2.42. The maximum Gasteiger partial charge on any atom is 0.0376 e. The van der Waals surface area contributed by atoms with E-state index < -0.39 is 0 Å². The molecule has 20 heavy (non-hydrogen) atoms. The van der Waals surface area contributed by atoms with Crippen molar-refractivity contribution in [3.8, 4) is 0 Å². The first-order chi connectivity index (χ1) is 9.55. The second kappa shape index (κ2) is 5.58. The van der Waals surface area contributed by atoms with Crippen LogP contribution in [0.15, 0.2) is 42.5 Å². The summed E-state index contributed by atoms with van der Waals surface area (Å²) >= 11 is 0. The highest BCUT2D eigenvalue weighted by molar-refractivity contribution is 5.64. The van der Waals surface area contributed by atoms with Gasteiger partial charge in [0.1, 0.15) is 0 Å². The molecule has 0 aromatic heterocycles. The summed E-state index contributed by atoms with van der Waals surface area (Å²) in [5.41, 5.74) is 17.4. The Kier molecular flexibility index (Phi) is 4.03. The number of benzene rings is 2. The van der Waals surface area contributed by atoms with Crippen LogP contribution in [0.25, 0.3) is 0 Å². The number of hydrogen-bond acceptors (Lipinski definition) is 2. The van der Waals surface area contributed by atoms with Crippen LogP contribution in [0.5, 0.6) is 0 Å². The summed E-state index contributed by atoms with van der Waals surface area (Å²) in [6.45, 7) is 6.49. The molecule has 2 aromatic carbocycles. The summed E-state index contributed by atoms with van der Waals surface area (Å²) in [7, 11) is 0. The number of aryl methyl sites for hydroxylation is 1. The fourth-order valence-corrected chi connectivity index (χ4v) is 3.11. The van der Waals surface area contributed by atoms with Gasteiger partial charge in [-0.15, -0.1) is 0 Å². The third-order valence-corrected chi connectivity index (χ3v) is 4.49. The molecule has 0 aliphatic carbocycles. The third kappa shape index (κ3) is 2.26. The molecule has 0 amide bonds. The van der Waals surface area contributed by atoms with E-state index in [1.807, 2.05) is 13.0 Å². The topological polar surface area (TPSA) is 52.0 Å². The van der Waals surface area contributed by atoms with E-state index in [1.165, 1.54) is 11.1 Å². The highest BCUT2D eigenvalue weighted by Gasteiger charge is 2.32. The van der Waals surface area contributed by atoms with Crippen molar-refractivity contribution in [1.29, 1.82) is 0 Å². The first-order valence-electron chi connectivity index (χ1n) is 7.26. The zero-order valence-electron chi connectivity index (χ0n) is 12.6. The molecule has 0 aliphatic heterocycles. The lowest BCUT2D eigenvalue weighted by Gasteiger charge is -2.34. The molecule has 0 atom stereocenters. The summed E-state index contributed by atoms with van der Waals surface area (Å²) in [5, 5.41) is 0.